The summed E-state index contributed by atoms with van der Waals surface area (Å²) in [5.41, 5.74) is 0.978. The Bertz CT molecular complexity index is 1010. The quantitative estimate of drug-likeness (QED) is 0.660. The summed E-state index contributed by atoms with van der Waals surface area (Å²) in [5, 5.41) is 0.984. The molecule has 0 N–H and O–H groups in total. The standard InChI is InChI=1S/C21H23N5O2S/c1-28-16-5-6-17-18(12-16)29-21(23-17)26-13-15(14-26)20(27)25-10-8-24(9-11-25)19-4-2-3-7-22-19/h2-7,12,15H,8-11,13-14H2,1H3. The van der Waals surface area contributed by atoms with Crippen LogP contribution in [0.3, 0.4) is 0 Å². The molecule has 0 unspecified atom stereocenters. The second-order valence-electron chi connectivity index (χ2n) is 7.43. The van der Waals surface area contributed by atoms with Crippen molar-refractivity contribution >= 4 is 38.4 Å². The molecular weight excluding hydrogens is 386 g/mol. The Labute approximate surface area is 173 Å². The normalized spacial score (nSPS) is 17.5. The number of hydrogen-bond donors (Lipinski definition) is 0. The van der Waals surface area contributed by atoms with Crippen LogP contribution in [0.15, 0.2) is 42.6 Å². The maximum Gasteiger partial charge on any atom is 0.229 e. The lowest BCUT2D eigenvalue weighted by molar-refractivity contribution is -0.136. The van der Waals surface area contributed by atoms with Crippen LogP contribution in [0.1, 0.15) is 0 Å². The Morgan fingerprint density at radius 2 is 1.93 bits per heavy atom. The minimum atomic E-state index is 0.0675. The summed E-state index contributed by atoms with van der Waals surface area (Å²) in [5.74, 6) is 2.17. The second kappa shape index (κ2) is 7.51. The number of hydrogen-bond acceptors (Lipinski definition) is 7. The van der Waals surface area contributed by atoms with Gasteiger partial charge in [-0.25, -0.2) is 9.97 Å². The van der Waals surface area contributed by atoms with Crippen molar-refractivity contribution in [2.24, 2.45) is 5.92 Å². The number of fused-ring (bicyclic) bond motifs is 1. The number of amides is 1. The summed E-state index contributed by atoms with van der Waals surface area (Å²) in [7, 11) is 1.67. The average molecular weight is 410 g/mol. The van der Waals surface area contributed by atoms with E-state index < -0.39 is 0 Å². The van der Waals surface area contributed by atoms with Crippen molar-refractivity contribution in [3.05, 3.63) is 42.6 Å². The largest absolute Gasteiger partial charge is 0.497 e. The summed E-state index contributed by atoms with van der Waals surface area (Å²) >= 11 is 1.65. The fourth-order valence-corrected chi connectivity index (χ4v) is 4.91. The van der Waals surface area contributed by atoms with Crippen molar-refractivity contribution in [1.29, 1.82) is 0 Å². The van der Waals surface area contributed by atoms with Gasteiger partial charge in [-0.3, -0.25) is 4.79 Å². The van der Waals surface area contributed by atoms with Gasteiger partial charge in [0.1, 0.15) is 11.6 Å². The van der Waals surface area contributed by atoms with Crippen LogP contribution in [0.25, 0.3) is 10.2 Å². The van der Waals surface area contributed by atoms with Gasteiger partial charge in [-0.2, -0.15) is 0 Å². The third-order valence-corrected chi connectivity index (χ3v) is 6.73. The zero-order chi connectivity index (χ0) is 19.8. The number of nitrogens with zero attached hydrogens (tertiary/aromatic N) is 5. The number of carbonyl (C=O) groups excluding carboxylic acids is 1. The van der Waals surface area contributed by atoms with Crippen LogP contribution < -0.4 is 14.5 Å². The van der Waals surface area contributed by atoms with Crippen molar-refractivity contribution in [3.8, 4) is 5.75 Å². The monoisotopic (exact) mass is 409 g/mol. The van der Waals surface area contributed by atoms with Crippen molar-refractivity contribution in [3.63, 3.8) is 0 Å². The molecule has 0 radical (unpaired) electrons. The molecule has 3 aromatic rings. The lowest BCUT2D eigenvalue weighted by Gasteiger charge is -2.42. The van der Waals surface area contributed by atoms with Crippen LogP contribution in [-0.4, -0.2) is 67.2 Å². The lowest BCUT2D eigenvalue weighted by Crippen LogP contribution is -2.58. The average Bonchev–Trinajstić information content (AvgIpc) is 3.16. The molecule has 5 rings (SSSR count). The van der Waals surface area contributed by atoms with Gasteiger partial charge >= 0.3 is 0 Å². The van der Waals surface area contributed by atoms with E-state index in [1.807, 2.05) is 47.5 Å². The molecule has 0 aliphatic carbocycles. The molecule has 29 heavy (non-hydrogen) atoms. The summed E-state index contributed by atoms with van der Waals surface area (Å²) in [4.78, 5) is 28.5. The molecule has 8 heteroatoms. The maximum absolute atomic E-state index is 12.9. The van der Waals surface area contributed by atoms with E-state index in [0.29, 0.717) is 0 Å². The number of benzene rings is 1. The molecule has 4 heterocycles. The Kier molecular flexibility index (Phi) is 4.71. The number of rotatable bonds is 4. The summed E-state index contributed by atoms with van der Waals surface area (Å²) in [6.07, 6.45) is 1.81. The molecule has 0 atom stereocenters. The molecule has 2 aliphatic rings. The highest BCUT2D eigenvalue weighted by Crippen LogP contribution is 2.35. The molecule has 2 fully saturated rings. The minimum Gasteiger partial charge on any atom is -0.497 e. The molecule has 7 nitrogen and oxygen atoms in total. The first-order chi connectivity index (χ1) is 14.2. The lowest BCUT2D eigenvalue weighted by atomic mass is 9.99. The van der Waals surface area contributed by atoms with Gasteiger partial charge in [0.25, 0.3) is 0 Å². The van der Waals surface area contributed by atoms with Crippen LogP contribution >= 0.6 is 11.3 Å². The minimum absolute atomic E-state index is 0.0675. The highest BCUT2D eigenvalue weighted by atomic mass is 32.1. The first kappa shape index (κ1) is 18.2. The van der Waals surface area contributed by atoms with Gasteiger partial charge in [0, 0.05) is 45.5 Å². The fraction of sp³-hybridized carbons (Fsp3) is 0.381. The van der Waals surface area contributed by atoms with Crippen molar-refractivity contribution < 1.29 is 9.53 Å². The molecule has 2 aromatic heterocycles. The second-order valence-corrected chi connectivity index (χ2v) is 8.44. The Balaban J connectivity index is 1.17. The van der Waals surface area contributed by atoms with E-state index in [2.05, 4.69) is 14.8 Å². The SMILES string of the molecule is COc1ccc2nc(N3CC(C(=O)N4CCN(c5ccccn5)CC4)C3)sc2c1. The maximum atomic E-state index is 12.9. The molecule has 0 saturated carbocycles. The van der Waals surface area contributed by atoms with Crippen molar-refractivity contribution in [1.82, 2.24) is 14.9 Å². The van der Waals surface area contributed by atoms with E-state index in [1.54, 1.807) is 18.4 Å². The highest BCUT2D eigenvalue weighted by Gasteiger charge is 2.37. The van der Waals surface area contributed by atoms with E-state index in [4.69, 9.17) is 9.72 Å². The van der Waals surface area contributed by atoms with Crippen LogP contribution in [0, 0.1) is 5.92 Å². The number of aromatic nitrogens is 2. The number of anilines is 2. The van der Waals surface area contributed by atoms with Crippen molar-refractivity contribution in [2.75, 3.05) is 56.2 Å². The van der Waals surface area contributed by atoms with Crippen LogP contribution in [-0.2, 0) is 4.79 Å². The Morgan fingerprint density at radius 1 is 1.10 bits per heavy atom. The third kappa shape index (κ3) is 3.48. The van der Waals surface area contributed by atoms with Crippen molar-refractivity contribution in [2.45, 2.75) is 0 Å². The number of carbonyl (C=O) groups is 1. The fourth-order valence-electron chi connectivity index (χ4n) is 3.90. The molecule has 0 bridgehead atoms. The molecule has 0 spiro atoms. The van der Waals surface area contributed by atoms with Crippen LogP contribution in [0.4, 0.5) is 10.9 Å². The molecule has 2 saturated heterocycles. The van der Waals surface area contributed by atoms with Gasteiger partial charge in [-0.1, -0.05) is 17.4 Å². The topological polar surface area (TPSA) is 61.8 Å². The van der Waals surface area contributed by atoms with E-state index in [9.17, 15) is 4.79 Å². The van der Waals surface area contributed by atoms with Gasteiger partial charge in [-0.15, -0.1) is 0 Å². The van der Waals surface area contributed by atoms with E-state index in [1.165, 1.54) is 0 Å². The first-order valence-electron chi connectivity index (χ1n) is 9.85. The van der Waals surface area contributed by atoms with E-state index in [0.717, 1.165) is 66.2 Å². The number of piperazine rings is 1. The molecule has 2 aliphatic heterocycles. The summed E-state index contributed by atoms with van der Waals surface area (Å²) in [6, 6.07) is 11.9. The third-order valence-electron chi connectivity index (χ3n) is 5.65. The summed E-state index contributed by atoms with van der Waals surface area (Å²) in [6.45, 7) is 4.67. The van der Waals surface area contributed by atoms with Gasteiger partial charge < -0.3 is 19.4 Å². The van der Waals surface area contributed by atoms with Crippen LogP contribution in [0.5, 0.6) is 5.75 Å². The number of methoxy groups -OCH3 is 1. The smallest absolute Gasteiger partial charge is 0.229 e. The predicted octanol–water partition coefficient (Wildman–Crippen LogP) is 2.48. The van der Waals surface area contributed by atoms with Gasteiger partial charge in [0.05, 0.1) is 23.2 Å². The molecule has 1 aromatic carbocycles. The summed E-state index contributed by atoms with van der Waals surface area (Å²) < 4.78 is 6.40. The zero-order valence-corrected chi connectivity index (χ0v) is 17.1. The van der Waals surface area contributed by atoms with Crippen LogP contribution in [0.2, 0.25) is 0 Å². The Hall–Kier alpha value is -2.87. The van der Waals surface area contributed by atoms with Gasteiger partial charge in [0.15, 0.2) is 5.13 Å². The highest BCUT2D eigenvalue weighted by molar-refractivity contribution is 7.22. The first-order valence-corrected chi connectivity index (χ1v) is 10.7. The van der Waals surface area contributed by atoms with E-state index in [-0.39, 0.29) is 11.8 Å². The number of thiazole rings is 1. The Morgan fingerprint density at radius 3 is 2.66 bits per heavy atom. The van der Waals surface area contributed by atoms with Gasteiger partial charge in [0.2, 0.25) is 5.91 Å². The zero-order valence-electron chi connectivity index (χ0n) is 16.3. The van der Waals surface area contributed by atoms with Gasteiger partial charge in [-0.05, 0) is 30.3 Å². The molecule has 150 valence electrons. The molecule has 1 amide bonds. The molecular formula is C21H23N5O2S. The number of ether oxygens (including phenoxy) is 1. The predicted molar refractivity (Wildman–Crippen MR) is 115 cm³/mol. The number of pyridine rings is 1. The van der Waals surface area contributed by atoms with E-state index >= 15 is 0 Å².